The van der Waals surface area contributed by atoms with Crippen LogP contribution in [0.4, 0.5) is 4.39 Å². The van der Waals surface area contributed by atoms with E-state index in [-0.39, 0.29) is 11.9 Å². The molecule has 1 aliphatic rings. The Morgan fingerprint density at radius 2 is 2.31 bits per heavy atom. The number of aldehydes is 1. The molecule has 1 aromatic carbocycles. The third kappa shape index (κ3) is 2.58. The van der Waals surface area contributed by atoms with Gasteiger partial charge in [0.2, 0.25) is 0 Å². The first-order valence-corrected chi connectivity index (χ1v) is 5.32. The van der Waals surface area contributed by atoms with Gasteiger partial charge in [-0.15, -0.1) is 0 Å². The molecule has 16 heavy (non-hydrogen) atoms. The minimum Gasteiger partial charge on any atom is -0.465 e. The number of ether oxygens (including phenoxy) is 2. The number of hydrogen-bond acceptors (Lipinski definition) is 3. The summed E-state index contributed by atoms with van der Waals surface area (Å²) in [6.45, 7) is 0.680. The predicted molar refractivity (Wildman–Crippen MR) is 56.0 cm³/mol. The second-order valence-corrected chi connectivity index (χ2v) is 3.72. The molecule has 0 N–H and O–H groups in total. The maximum absolute atomic E-state index is 13.3. The molecule has 1 fully saturated rings. The number of carbonyl (C=O) groups is 1. The third-order valence-corrected chi connectivity index (χ3v) is 2.50. The van der Waals surface area contributed by atoms with Crippen molar-refractivity contribution in [2.45, 2.75) is 25.6 Å². The molecule has 4 heteroatoms. The summed E-state index contributed by atoms with van der Waals surface area (Å²) < 4.78 is 24.1. The van der Waals surface area contributed by atoms with E-state index in [9.17, 15) is 9.18 Å². The molecule has 1 heterocycles. The topological polar surface area (TPSA) is 35.5 Å². The van der Waals surface area contributed by atoms with E-state index in [1.165, 1.54) is 12.1 Å². The Balaban J connectivity index is 2.03. The fourth-order valence-electron chi connectivity index (χ4n) is 1.63. The molecule has 1 atom stereocenters. The van der Waals surface area contributed by atoms with Crippen LogP contribution in [0.3, 0.4) is 0 Å². The molecular formula is C12H13FO3. The Kier molecular flexibility index (Phi) is 3.51. The van der Waals surface area contributed by atoms with Crippen molar-refractivity contribution in [2.24, 2.45) is 0 Å². The quantitative estimate of drug-likeness (QED) is 0.740. The third-order valence-electron chi connectivity index (χ3n) is 2.50. The fourth-order valence-corrected chi connectivity index (χ4v) is 1.63. The summed E-state index contributed by atoms with van der Waals surface area (Å²) in [6.07, 6.45) is 3.10. The zero-order chi connectivity index (χ0) is 11.4. The Morgan fingerprint density at radius 3 is 2.94 bits per heavy atom. The van der Waals surface area contributed by atoms with E-state index in [4.69, 9.17) is 9.47 Å². The first kappa shape index (κ1) is 11.1. The monoisotopic (exact) mass is 224 g/mol. The highest BCUT2D eigenvalue weighted by Crippen LogP contribution is 2.21. The van der Waals surface area contributed by atoms with Crippen molar-refractivity contribution in [2.75, 3.05) is 6.61 Å². The molecule has 0 aromatic heterocycles. The van der Waals surface area contributed by atoms with E-state index < -0.39 is 5.82 Å². The van der Waals surface area contributed by atoms with E-state index in [0.29, 0.717) is 18.6 Å². The second kappa shape index (κ2) is 5.07. The number of carbonyl (C=O) groups excluding carboxylic acids is 1. The molecule has 1 saturated heterocycles. The minimum absolute atomic E-state index is 0.0388. The summed E-state index contributed by atoms with van der Waals surface area (Å²) in [6, 6.07) is 4.19. The van der Waals surface area contributed by atoms with Crippen LogP contribution in [-0.4, -0.2) is 19.2 Å². The SMILES string of the molecule is O=Cc1ccc(OC2CCCCO2)cc1F. The number of halogens is 1. The molecule has 3 nitrogen and oxygen atoms in total. The summed E-state index contributed by atoms with van der Waals surface area (Å²) in [5, 5.41) is 0. The molecular weight excluding hydrogens is 211 g/mol. The fraction of sp³-hybridized carbons (Fsp3) is 0.417. The Bertz CT molecular complexity index is 373. The van der Waals surface area contributed by atoms with Crippen molar-refractivity contribution < 1.29 is 18.7 Å². The van der Waals surface area contributed by atoms with Gasteiger partial charge in [0.05, 0.1) is 12.2 Å². The van der Waals surface area contributed by atoms with Crippen molar-refractivity contribution in [3.8, 4) is 5.75 Å². The van der Waals surface area contributed by atoms with Crippen LogP contribution in [0.25, 0.3) is 0 Å². The maximum atomic E-state index is 13.3. The van der Waals surface area contributed by atoms with Crippen molar-refractivity contribution in [1.29, 1.82) is 0 Å². The van der Waals surface area contributed by atoms with Gasteiger partial charge in [-0.25, -0.2) is 4.39 Å². The van der Waals surface area contributed by atoms with Crippen molar-refractivity contribution in [3.63, 3.8) is 0 Å². The van der Waals surface area contributed by atoms with E-state index in [1.54, 1.807) is 6.07 Å². The molecule has 2 rings (SSSR count). The van der Waals surface area contributed by atoms with Gasteiger partial charge in [0.25, 0.3) is 0 Å². The number of hydrogen-bond donors (Lipinski definition) is 0. The van der Waals surface area contributed by atoms with Gasteiger partial charge < -0.3 is 9.47 Å². The molecule has 1 aromatic rings. The molecule has 0 bridgehead atoms. The van der Waals surface area contributed by atoms with Gasteiger partial charge in [0.15, 0.2) is 12.6 Å². The van der Waals surface area contributed by atoms with Crippen LogP contribution in [0, 0.1) is 5.82 Å². The number of rotatable bonds is 3. The Morgan fingerprint density at radius 1 is 1.44 bits per heavy atom. The standard InChI is InChI=1S/C12H13FO3/c13-11-7-10(5-4-9(11)8-14)16-12-3-1-2-6-15-12/h4-5,7-8,12H,1-3,6H2. The molecule has 0 saturated carbocycles. The molecule has 1 unspecified atom stereocenters. The van der Waals surface area contributed by atoms with Gasteiger partial charge in [-0.2, -0.15) is 0 Å². The van der Waals surface area contributed by atoms with Gasteiger partial charge in [0, 0.05) is 12.5 Å². The van der Waals surface area contributed by atoms with Crippen LogP contribution in [0.2, 0.25) is 0 Å². The minimum atomic E-state index is -0.566. The van der Waals surface area contributed by atoms with Crippen LogP contribution >= 0.6 is 0 Å². The molecule has 1 aliphatic heterocycles. The normalized spacial score (nSPS) is 20.4. The molecule has 86 valence electrons. The second-order valence-electron chi connectivity index (χ2n) is 3.72. The van der Waals surface area contributed by atoms with E-state index in [1.807, 2.05) is 0 Å². The van der Waals surface area contributed by atoms with Crippen molar-refractivity contribution in [1.82, 2.24) is 0 Å². The summed E-state index contributed by atoms with van der Waals surface area (Å²) in [5.41, 5.74) is 0.0388. The van der Waals surface area contributed by atoms with Gasteiger partial charge in [-0.1, -0.05) is 0 Å². The average molecular weight is 224 g/mol. The van der Waals surface area contributed by atoms with E-state index in [2.05, 4.69) is 0 Å². The van der Waals surface area contributed by atoms with Crippen LogP contribution in [0.1, 0.15) is 29.6 Å². The highest BCUT2D eigenvalue weighted by Gasteiger charge is 2.15. The van der Waals surface area contributed by atoms with Gasteiger partial charge in [0.1, 0.15) is 11.6 Å². The molecule has 0 spiro atoms. The highest BCUT2D eigenvalue weighted by molar-refractivity contribution is 5.75. The zero-order valence-electron chi connectivity index (χ0n) is 8.82. The number of benzene rings is 1. The van der Waals surface area contributed by atoms with Crippen LogP contribution in [0.5, 0.6) is 5.75 Å². The Hall–Kier alpha value is -1.42. The van der Waals surface area contributed by atoms with Crippen LogP contribution < -0.4 is 4.74 Å². The van der Waals surface area contributed by atoms with E-state index >= 15 is 0 Å². The lowest BCUT2D eigenvalue weighted by Crippen LogP contribution is -2.25. The maximum Gasteiger partial charge on any atom is 0.199 e. The molecule has 0 aliphatic carbocycles. The van der Waals surface area contributed by atoms with Gasteiger partial charge in [-0.3, -0.25) is 4.79 Å². The van der Waals surface area contributed by atoms with Gasteiger partial charge in [-0.05, 0) is 25.0 Å². The summed E-state index contributed by atoms with van der Waals surface area (Å²) in [5.74, 6) is -0.168. The Labute approximate surface area is 93.2 Å². The summed E-state index contributed by atoms with van der Waals surface area (Å²) in [7, 11) is 0. The summed E-state index contributed by atoms with van der Waals surface area (Å²) >= 11 is 0. The zero-order valence-corrected chi connectivity index (χ0v) is 8.82. The average Bonchev–Trinajstić information content (AvgIpc) is 2.31. The highest BCUT2D eigenvalue weighted by atomic mass is 19.1. The van der Waals surface area contributed by atoms with Gasteiger partial charge >= 0.3 is 0 Å². The predicted octanol–water partition coefficient (Wildman–Crippen LogP) is 2.54. The smallest absolute Gasteiger partial charge is 0.199 e. The lowest BCUT2D eigenvalue weighted by molar-refractivity contribution is -0.106. The first-order valence-electron chi connectivity index (χ1n) is 5.32. The first-order chi connectivity index (χ1) is 7.79. The molecule has 0 amide bonds. The van der Waals surface area contributed by atoms with Crippen molar-refractivity contribution >= 4 is 6.29 Å². The van der Waals surface area contributed by atoms with Crippen molar-refractivity contribution in [3.05, 3.63) is 29.6 Å². The largest absolute Gasteiger partial charge is 0.465 e. The summed E-state index contributed by atoms with van der Waals surface area (Å²) in [4.78, 5) is 10.4. The lowest BCUT2D eigenvalue weighted by Gasteiger charge is -2.23. The lowest BCUT2D eigenvalue weighted by atomic mass is 10.2. The van der Waals surface area contributed by atoms with E-state index in [0.717, 1.165) is 19.3 Å². The van der Waals surface area contributed by atoms with Crippen LogP contribution in [-0.2, 0) is 4.74 Å². The molecule has 0 radical (unpaired) electrons. The van der Waals surface area contributed by atoms with Crippen LogP contribution in [0.15, 0.2) is 18.2 Å².